The van der Waals surface area contributed by atoms with E-state index in [1.807, 2.05) is 0 Å². The Morgan fingerprint density at radius 2 is 1.77 bits per heavy atom. The summed E-state index contributed by atoms with van der Waals surface area (Å²) in [5.74, 6) is -0.362. The van der Waals surface area contributed by atoms with Crippen molar-refractivity contribution >= 4 is 15.9 Å². The number of nitrogens with zero attached hydrogens (tertiary/aromatic N) is 3. The Labute approximate surface area is 155 Å². The van der Waals surface area contributed by atoms with E-state index in [1.165, 1.54) is 22.5 Å². The van der Waals surface area contributed by atoms with Crippen LogP contribution in [0.15, 0.2) is 23.1 Å². The van der Waals surface area contributed by atoms with Gasteiger partial charge in [0.2, 0.25) is 15.9 Å². The van der Waals surface area contributed by atoms with E-state index in [-0.39, 0.29) is 23.9 Å². The first-order chi connectivity index (χ1) is 12.3. The maximum absolute atomic E-state index is 13.4. The van der Waals surface area contributed by atoms with E-state index in [4.69, 9.17) is 0 Å². The van der Waals surface area contributed by atoms with Crippen molar-refractivity contribution < 1.29 is 17.6 Å². The molecule has 0 aromatic heterocycles. The summed E-state index contributed by atoms with van der Waals surface area (Å²) >= 11 is 0. The van der Waals surface area contributed by atoms with E-state index < -0.39 is 15.8 Å². The van der Waals surface area contributed by atoms with Crippen molar-refractivity contribution in [2.45, 2.75) is 32.1 Å². The molecule has 8 heteroatoms. The highest BCUT2D eigenvalue weighted by atomic mass is 32.2. The summed E-state index contributed by atoms with van der Waals surface area (Å²) in [5, 5.41) is 0. The summed E-state index contributed by atoms with van der Waals surface area (Å²) in [7, 11) is -3.66. The van der Waals surface area contributed by atoms with Crippen molar-refractivity contribution in [1.82, 2.24) is 14.1 Å². The normalized spacial score (nSPS) is 16.3. The number of aryl methyl sites for hydroxylation is 1. The minimum atomic E-state index is -3.66. The van der Waals surface area contributed by atoms with Gasteiger partial charge in [0.05, 0.1) is 4.90 Å². The largest absolute Gasteiger partial charge is 0.340 e. The smallest absolute Gasteiger partial charge is 0.243 e. The second-order valence-corrected chi connectivity index (χ2v) is 8.41. The van der Waals surface area contributed by atoms with Crippen LogP contribution in [-0.2, 0) is 14.8 Å². The highest BCUT2D eigenvalue weighted by Crippen LogP contribution is 2.20. The third kappa shape index (κ3) is 4.81. The van der Waals surface area contributed by atoms with Gasteiger partial charge < -0.3 is 9.80 Å². The van der Waals surface area contributed by atoms with Gasteiger partial charge in [0.15, 0.2) is 0 Å². The minimum absolute atomic E-state index is 0.0616. The molecule has 0 aliphatic carbocycles. The highest BCUT2D eigenvalue weighted by Gasteiger charge is 2.30. The molecule has 1 heterocycles. The van der Waals surface area contributed by atoms with Crippen molar-refractivity contribution in [1.29, 1.82) is 0 Å². The number of amides is 1. The molecule has 1 saturated heterocycles. The molecule has 0 spiro atoms. The molecular formula is C18H28FN3O3S. The van der Waals surface area contributed by atoms with Gasteiger partial charge in [-0.05, 0) is 43.8 Å². The Morgan fingerprint density at radius 3 is 2.31 bits per heavy atom. The van der Waals surface area contributed by atoms with Crippen LogP contribution in [0.1, 0.15) is 25.8 Å². The van der Waals surface area contributed by atoms with Crippen molar-refractivity contribution in [2.24, 2.45) is 0 Å². The molecule has 1 amide bonds. The molecule has 6 nitrogen and oxygen atoms in total. The van der Waals surface area contributed by atoms with Crippen molar-refractivity contribution in [3.63, 3.8) is 0 Å². The van der Waals surface area contributed by atoms with Crippen LogP contribution in [0.2, 0.25) is 0 Å². The van der Waals surface area contributed by atoms with E-state index in [0.717, 1.165) is 19.6 Å². The number of carbonyl (C=O) groups excluding carboxylic acids is 1. The van der Waals surface area contributed by atoms with E-state index in [9.17, 15) is 17.6 Å². The monoisotopic (exact) mass is 385 g/mol. The van der Waals surface area contributed by atoms with Crippen molar-refractivity contribution in [3.05, 3.63) is 29.6 Å². The number of benzene rings is 1. The molecule has 0 unspecified atom stereocenters. The zero-order valence-electron chi connectivity index (χ0n) is 15.7. The number of hydrogen-bond donors (Lipinski definition) is 0. The van der Waals surface area contributed by atoms with E-state index in [0.29, 0.717) is 25.1 Å². The van der Waals surface area contributed by atoms with Gasteiger partial charge in [0, 0.05) is 39.1 Å². The highest BCUT2D eigenvalue weighted by molar-refractivity contribution is 7.89. The molecule has 146 valence electrons. The molecular weight excluding hydrogens is 357 g/mol. The van der Waals surface area contributed by atoms with Gasteiger partial charge in [-0.2, -0.15) is 4.31 Å². The number of carbonyl (C=O) groups is 1. The van der Waals surface area contributed by atoms with E-state index in [2.05, 4.69) is 18.7 Å². The van der Waals surface area contributed by atoms with Crippen LogP contribution in [-0.4, -0.2) is 74.2 Å². The lowest BCUT2D eigenvalue weighted by Gasteiger charge is -2.34. The Bertz CT molecular complexity index is 727. The van der Waals surface area contributed by atoms with Crippen molar-refractivity contribution in [3.8, 4) is 0 Å². The molecule has 0 N–H and O–H groups in total. The molecule has 0 bridgehead atoms. The molecule has 1 aromatic rings. The molecule has 1 aliphatic heterocycles. The lowest BCUT2D eigenvalue weighted by atomic mass is 10.2. The summed E-state index contributed by atoms with van der Waals surface area (Å²) < 4.78 is 40.2. The summed E-state index contributed by atoms with van der Waals surface area (Å²) in [6.45, 7) is 9.50. The molecule has 1 aromatic carbocycles. The number of halogens is 1. The predicted molar refractivity (Wildman–Crippen MR) is 98.9 cm³/mol. The third-order valence-electron chi connectivity index (χ3n) is 4.89. The summed E-state index contributed by atoms with van der Waals surface area (Å²) in [6.07, 6.45) is 0.450. The molecule has 0 radical (unpaired) electrons. The molecule has 1 fully saturated rings. The topological polar surface area (TPSA) is 60.9 Å². The Hall–Kier alpha value is -1.51. The second-order valence-electron chi connectivity index (χ2n) is 6.47. The minimum Gasteiger partial charge on any atom is -0.340 e. The van der Waals surface area contributed by atoms with Gasteiger partial charge in [-0.3, -0.25) is 4.79 Å². The first-order valence-corrected chi connectivity index (χ1v) is 10.5. The number of sulfonamides is 1. The van der Waals surface area contributed by atoms with Crippen LogP contribution in [0.4, 0.5) is 4.39 Å². The number of piperazine rings is 1. The van der Waals surface area contributed by atoms with E-state index >= 15 is 0 Å². The lowest BCUT2D eigenvalue weighted by molar-refractivity contribution is -0.132. The molecule has 2 rings (SSSR count). The average molecular weight is 386 g/mol. The van der Waals surface area contributed by atoms with Crippen LogP contribution < -0.4 is 0 Å². The molecule has 26 heavy (non-hydrogen) atoms. The van der Waals surface area contributed by atoms with E-state index in [1.54, 1.807) is 11.8 Å². The summed E-state index contributed by atoms with van der Waals surface area (Å²) in [6, 6.07) is 3.82. The van der Waals surface area contributed by atoms with Gasteiger partial charge in [-0.25, -0.2) is 12.8 Å². The van der Waals surface area contributed by atoms with Crippen molar-refractivity contribution in [2.75, 3.05) is 45.8 Å². The van der Waals surface area contributed by atoms with Crippen LogP contribution in [0.5, 0.6) is 0 Å². The van der Waals surface area contributed by atoms with Gasteiger partial charge in [-0.15, -0.1) is 0 Å². The lowest BCUT2D eigenvalue weighted by Crippen LogP contribution is -2.50. The maximum atomic E-state index is 13.4. The van der Waals surface area contributed by atoms with Crippen LogP contribution in [0.25, 0.3) is 0 Å². The predicted octanol–water partition coefficient (Wildman–Crippen LogP) is 1.70. The Morgan fingerprint density at radius 1 is 1.15 bits per heavy atom. The summed E-state index contributed by atoms with van der Waals surface area (Å²) in [5.41, 5.74) is 0.302. The molecule has 0 saturated carbocycles. The number of hydrogen-bond acceptors (Lipinski definition) is 4. The third-order valence-corrected chi connectivity index (χ3v) is 6.79. The fourth-order valence-electron chi connectivity index (χ4n) is 3.06. The van der Waals surface area contributed by atoms with Gasteiger partial charge in [0.25, 0.3) is 0 Å². The average Bonchev–Trinajstić information content (AvgIpc) is 2.64. The Kier molecular flexibility index (Phi) is 7.14. The quantitative estimate of drug-likeness (QED) is 0.717. The van der Waals surface area contributed by atoms with Crippen LogP contribution in [0.3, 0.4) is 0 Å². The molecule has 0 atom stereocenters. The van der Waals surface area contributed by atoms with Gasteiger partial charge >= 0.3 is 0 Å². The number of rotatable bonds is 7. The van der Waals surface area contributed by atoms with Gasteiger partial charge in [-0.1, -0.05) is 13.8 Å². The van der Waals surface area contributed by atoms with Crippen LogP contribution >= 0.6 is 0 Å². The summed E-state index contributed by atoms with van der Waals surface area (Å²) in [4.78, 5) is 16.3. The fraction of sp³-hybridized carbons (Fsp3) is 0.611. The first kappa shape index (κ1) is 20.8. The maximum Gasteiger partial charge on any atom is 0.243 e. The van der Waals surface area contributed by atoms with Gasteiger partial charge in [0.1, 0.15) is 5.82 Å². The zero-order valence-corrected chi connectivity index (χ0v) is 16.6. The van der Waals surface area contributed by atoms with Crippen LogP contribution in [0, 0.1) is 12.7 Å². The Balaban J connectivity index is 1.94. The SMILES string of the molecule is CCN(CC)CCC(=O)N1CCN(S(=O)(=O)c2ccc(F)c(C)c2)CC1. The first-order valence-electron chi connectivity index (χ1n) is 9.06. The zero-order chi connectivity index (χ0) is 19.3. The second kappa shape index (κ2) is 8.92. The molecule has 1 aliphatic rings. The fourth-order valence-corrected chi connectivity index (χ4v) is 4.56. The standard InChI is InChI=1S/C18H28FN3O3S/c1-4-20(5-2)9-8-18(23)21-10-12-22(13-11-21)26(24,25)16-6-7-17(19)15(3)14-16/h6-7,14H,4-5,8-13H2,1-3H3.